The summed E-state index contributed by atoms with van der Waals surface area (Å²) in [6.45, 7) is 3.23. The lowest BCUT2D eigenvalue weighted by molar-refractivity contribution is 0.163. The van der Waals surface area contributed by atoms with E-state index in [2.05, 4.69) is 15.2 Å². The van der Waals surface area contributed by atoms with E-state index in [0.717, 1.165) is 26.2 Å². The Morgan fingerprint density at radius 2 is 2.28 bits per heavy atom. The monoisotopic (exact) mass is 249 g/mol. The second kappa shape index (κ2) is 7.48. The smallest absolute Gasteiger partial charge is 0.165 e. The van der Waals surface area contributed by atoms with Crippen molar-refractivity contribution in [3.8, 4) is 6.07 Å². The number of nitrogens with one attached hydrogen (secondary N) is 1. The van der Waals surface area contributed by atoms with Crippen molar-refractivity contribution in [1.29, 1.82) is 5.26 Å². The molecule has 0 aromatic carbocycles. The number of aromatic nitrogens is 1. The first kappa shape index (κ1) is 14.2. The second-order valence-corrected chi connectivity index (χ2v) is 3.97. The normalized spacial score (nSPS) is 10.3. The second-order valence-electron chi connectivity index (χ2n) is 3.97. The van der Waals surface area contributed by atoms with E-state index in [9.17, 15) is 0 Å². The molecule has 1 rings (SSSR count). The predicted octanol–water partition coefficient (Wildman–Crippen LogP) is 0.526. The molecule has 3 N–H and O–H groups in total. The fraction of sp³-hybridized carbons (Fsp3) is 0.500. The summed E-state index contributed by atoms with van der Waals surface area (Å²) in [5.74, 6) is 0.667. The highest BCUT2D eigenvalue weighted by Crippen LogP contribution is 2.11. The van der Waals surface area contributed by atoms with Gasteiger partial charge in [-0.25, -0.2) is 4.98 Å². The van der Waals surface area contributed by atoms with Gasteiger partial charge in [0.25, 0.3) is 0 Å². The van der Waals surface area contributed by atoms with Crippen LogP contribution in [0.5, 0.6) is 0 Å². The van der Waals surface area contributed by atoms with Crippen LogP contribution in [0.25, 0.3) is 0 Å². The largest absolute Gasteiger partial charge is 0.396 e. The Balaban J connectivity index is 2.38. The van der Waals surface area contributed by atoms with E-state index >= 15 is 0 Å². The molecular formula is C12H19N5O. The minimum absolute atomic E-state index is 0.257. The van der Waals surface area contributed by atoms with Gasteiger partial charge in [0.1, 0.15) is 11.9 Å². The number of pyridine rings is 1. The number of ether oxygens (including phenoxy) is 1. The van der Waals surface area contributed by atoms with Gasteiger partial charge in [-0.1, -0.05) is 0 Å². The summed E-state index contributed by atoms with van der Waals surface area (Å²) in [5, 5.41) is 12.0. The molecule has 0 radical (unpaired) electrons. The maximum absolute atomic E-state index is 8.81. The molecule has 0 unspecified atom stereocenters. The first-order valence-corrected chi connectivity index (χ1v) is 5.75. The maximum atomic E-state index is 8.81. The average molecular weight is 249 g/mol. The summed E-state index contributed by atoms with van der Waals surface area (Å²) < 4.78 is 5.00. The number of anilines is 2. The molecule has 0 aliphatic carbocycles. The molecule has 1 aromatic heterocycles. The van der Waals surface area contributed by atoms with Crippen LogP contribution in [0.15, 0.2) is 12.1 Å². The third-order valence-electron chi connectivity index (χ3n) is 2.51. The highest BCUT2D eigenvalue weighted by molar-refractivity contribution is 5.54. The Hall–Kier alpha value is -1.84. The Labute approximate surface area is 107 Å². The van der Waals surface area contributed by atoms with E-state index in [1.807, 2.05) is 13.1 Å². The summed E-state index contributed by atoms with van der Waals surface area (Å²) in [6, 6.07) is 5.41. The van der Waals surface area contributed by atoms with Crippen LogP contribution in [-0.4, -0.2) is 50.3 Å². The van der Waals surface area contributed by atoms with E-state index < -0.39 is 0 Å². The molecule has 0 aliphatic rings. The number of nitrogens with two attached hydrogens (primary N) is 1. The van der Waals surface area contributed by atoms with Gasteiger partial charge >= 0.3 is 0 Å². The third-order valence-corrected chi connectivity index (χ3v) is 2.51. The van der Waals surface area contributed by atoms with Crippen LogP contribution < -0.4 is 11.1 Å². The number of rotatable bonds is 7. The van der Waals surface area contributed by atoms with Crippen molar-refractivity contribution in [2.75, 3.05) is 51.4 Å². The van der Waals surface area contributed by atoms with Gasteiger partial charge in [-0.15, -0.1) is 0 Å². The van der Waals surface area contributed by atoms with Crippen LogP contribution in [0.4, 0.5) is 11.5 Å². The van der Waals surface area contributed by atoms with Gasteiger partial charge in [-0.2, -0.15) is 5.26 Å². The van der Waals surface area contributed by atoms with Crippen molar-refractivity contribution in [3.05, 3.63) is 17.8 Å². The average Bonchev–Trinajstić information content (AvgIpc) is 2.38. The van der Waals surface area contributed by atoms with Gasteiger partial charge < -0.3 is 20.7 Å². The molecule has 0 amide bonds. The van der Waals surface area contributed by atoms with Crippen LogP contribution in [0, 0.1) is 11.3 Å². The van der Waals surface area contributed by atoms with Gasteiger partial charge in [-0.05, 0) is 19.2 Å². The molecule has 1 heterocycles. The van der Waals surface area contributed by atoms with E-state index in [4.69, 9.17) is 15.7 Å². The van der Waals surface area contributed by atoms with Gasteiger partial charge in [0.15, 0.2) is 5.69 Å². The zero-order valence-corrected chi connectivity index (χ0v) is 10.8. The van der Waals surface area contributed by atoms with Gasteiger partial charge in [0.05, 0.1) is 12.3 Å². The summed E-state index contributed by atoms with van der Waals surface area (Å²) in [5.41, 5.74) is 6.26. The lowest BCUT2D eigenvalue weighted by atomic mass is 10.3. The minimum atomic E-state index is 0.257. The van der Waals surface area contributed by atoms with Crippen LogP contribution in [0.2, 0.25) is 0 Å². The summed E-state index contributed by atoms with van der Waals surface area (Å²) in [4.78, 5) is 6.26. The zero-order valence-electron chi connectivity index (χ0n) is 10.8. The van der Waals surface area contributed by atoms with Gasteiger partial charge in [0, 0.05) is 26.7 Å². The summed E-state index contributed by atoms with van der Waals surface area (Å²) >= 11 is 0. The lowest BCUT2D eigenvalue weighted by Crippen LogP contribution is -2.28. The van der Waals surface area contributed by atoms with Crippen LogP contribution in [-0.2, 0) is 4.74 Å². The van der Waals surface area contributed by atoms with Crippen molar-refractivity contribution in [2.24, 2.45) is 0 Å². The number of likely N-dealkylation sites (N-methyl/N-ethyl adjacent to an activating group) is 1. The first-order chi connectivity index (χ1) is 8.67. The SMILES string of the molecule is COCCN(C)CCNc1ccc(N)c(C#N)n1. The molecule has 6 nitrogen and oxygen atoms in total. The van der Waals surface area contributed by atoms with E-state index in [1.165, 1.54) is 0 Å². The molecule has 0 saturated heterocycles. The molecule has 0 bridgehead atoms. The van der Waals surface area contributed by atoms with Crippen molar-refractivity contribution in [3.63, 3.8) is 0 Å². The molecule has 0 saturated carbocycles. The van der Waals surface area contributed by atoms with Crippen molar-refractivity contribution in [1.82, 2.24) is 9.88 Å². The van der Waals surface area contributed by atoms with E-state index in [0.29, 0.717) is 11.5 Å². The Morgan fingerprint density at radius 3 is 2.94 bits per heavy atom. The Kier molecular flexibility index (Phi) is 5.91. The fourth-order valence-corrected chi connectivity index (χ4v) is 1.39. The first-order valence-electron chi connectivity index (χ1n) is 5.75. The molecule has 0 atom stereocenters. The number of nitriles is 1. The minimum Gasteiger partial charge on any atom is -0.396 e. The van der Waals surface area contributed by atoms with Crippen molar-refractivity contribution < 1.29 is 4.74 Å². The standard InChI is InChI=1S/C12H19N5O/c1-17(7-8-18-2)6-5-15-12-4-3-10(14)11(9-13)16-12/h3-4H,5-8,14H2,1-2H3,(H,15,16). The number of hydrogen-bond donors (Lipinski definition) is 2. The number of methoxy groups -OCH3 is 1. The highest BCUT2D eigenvalue weighted by Gasteiger charge is 2.02. The number of nitrogens with zero attached hydrogens (tertiary/aromatic N) is 3. The van der Waals surface area contributed by atoms with Gasteiger partial charge in [0.2, 0.25) is 0 Å². The topological polar surface area (TPSA) is 87.2 Å². The maximum Gasteiger partial charge on any atom is 0.165 e. The molecule has 18 heavy (non-hydrogen) atoms. The van der Waals surface area contributed by atoms with Crippen LogP contribution >= 0.6 is 0 Å². The van der Waals surface area contributed by atoms with Crippen molar-refractivity contribution in [2.45, 2.75) is 0 Å². The summed E-state index contributed by atoms with van der Waals surface area (Å²) in [7, 11) is 3.71. The Bertz CT molecular complexity index is 415. The Morgan fingerprint density at radius 1 is 1.50 bits per heavy atom. The van der Waals surface area contributed by atoms with Crippen molar-refractivity contribution >= 4 is 11.5 Å². The quantitative estimate of drug-likeness (QED) is 0.732. The lowest BCUT2D eigenvalue weighted by Gasteiger charge is -2.16. The van der Waals surface area contributed by atoms with Crippen LogP contribution in [0.1, 0.15) is 5.69 Å². The zero-order chi connectivity index (χ0) is 13.4. The number of nitrogen functional groups attached to an aromatic ring is 1. The molecular weight excluding hydrogens is 230 g/mol. The van der Waals surface area contributed by atoms with Crippen LogP contribution in [0.3, 0.4) is 0 Å². The van der Waals surface area contributed by atoms with E-state index in [1.54, 1.807) is 19.2 Å². The molecule has 1 aromatic rings. The van der Waals surface area contributed by atoms with Gasteiger partial charge in [-0.3, -0.25) is 0 Å². The van der Waals surface area contributed by atoms with E-state index in [-0.39, 0.29) is 5.69 Å². The molecule has 0 spiro atoms. The predicted molar refractivity (Wildman–Crippen MR) is 71.2 cm³/mol. The molecule has 0 fully saturated rings. The summed E-state index contributed by atoms with van der Waals surface area (Å²) in [6.07, 6.45) is 0. The molecule has 6 heteroatoms. The number of hydrogen-bond acceptors (Lipinski definition) is 6. The fourth-order valence-electron chi connectivity index (χ4n) is 1.39. The third kappa shape index (κ3) is 4.57. The molecule has 0 aliphatic heterocycles. The highest BCUT2D eigenvalue weighted by atomic mass is 16.5. The molecule has 98 valence electrons.